The van der Waals surface area contributed by atoms with Crippen LogP contribution in [0.5, 0.6) is 0 Å². The fraction of sp³-hybridized carbons (Fsp3) is 0.286. The van der Waals surface area contributed by atoms with Gasteiger partial charge in [-0.1, -0.05) is 17.7 Å². The van der Waals surface area contributed by atoms with Crippen LogP contribution in [-0.2, 0) is 24.7 Å². The van der Waals surface area contributed by atoms with Gasteiger partial charge in [0.05, 0.1) is 15.9 Å². The summed E-state index contributed by atoms with van der Waals surface area (Å²) in [6, 6.07) is 4.41. The van der Waals surface area contributed by atoms with E-state index in [-0.39, 0.29) is 29.2 Å². The molecular weight excluding hydrogens is 347 g/mol. The number of carbonyl (C=O) groups excluding carboxylic acids is 1. The zero-order valence-corrected chi connectivity index (χ0v) is 13.4. The number of aryl methyl sites for hydroxylation is 2. The standard InChI is InChI=1S/C14H13BrClFN2O/c1-8-14(15)13(19(2)18-8)7-9(20)6-10-11(16)4-3-5-12(10)17/h3-5H,6-7H2,1-2H3. The minimum atomic E-state index is -0.453. The van der Waals surface area contributed by atoms with Crippen LogP contribution in [0.15, 0.2) is 22.7 Å². The number of hydrogen-bond acceptors (Lipinski definition) is 2. The van der Waals surface area contributed by atoms with Gasteiger partial charge in [0.25, 0.3) is 0 Å². The molecule has 0 aliphatic rings. The van der Waals surface area contributed by atoms with Crippen LogP contribution in [-0.4, -0.2) is 15.6 Å². The normalized spacial score (nSPS) is 10.8. The highest BCUT2D eigenvalue weighted by molar-refractivity contribution is 9.10. The number of Topliss-reactive ketones (excluding diaryl/α,β-unsaturated/α-hetero) is 1. The number of benzene rings is 1. The first kappa shape index (κ1) is 15.2. The first-order chi connectivity index (χ1) is 9.40. The Morgan fingerprint density at radius 3 is 2.70 bits per heavy atom. The summed E-state index contributed by atoms with van der Waals surface area (Å²) < 4.78 is 16.1. The lowest BCUT2D eigenvalue weighted by Crippen LogP contribution is -2.11. The first-order valence-corrected chi connectivity index (χ1v) is 7.19. The number of nitrogens with zero attached hydrogens (tertiary/aromatic N) is 2. The van der Waals surface area contributed by atoms with Crippen LogP contribution < -0.4 is 0 Å². The molecule has 6 heteroatoms. The van der Waals surface area contributed by atoms with Crippen molar-refractivity contribution >= 4 is 33.3 Å². The maximum absolute atomic E-state index is 13.6. The molecule has 0 aliphatic heterocycles. The summed E-state index contributed by atoms with van der Waals surface area (Å²) in [5.74, 6) is -0.563. The van der Waals surface area contributed by atoms with Crippen LogP contribution in [0.1, 0.15) is 17.0 Å². The van der Waals surface area contributed by atoms with Gasteiger partial charge in [0.2, 0.25) is 0 Å². The molecule has 3 nitrogen and oxygen atoms in total. The Morgan fingerprint density at radius 1 is 1.45 bits per heavy atom. The van der Waals surface area contributed by atoms with Gasteiger partial charge in [-0.2, -0.15) is 5.10 Å². The van der Waals surface area contributed by atoms with Crippen LogP contribution >= 0.6 is 27.5 Å². The Hall–Kier alpha value is -1.20. The van der Waals surface area contributed by atoms with Gasteiger partial charge in [0.1, 0.15) is 11.6 Å². The predicted molar refractivity (Wildman–Crippen MR) is 79.5 cm³/mol. The molecule has 2 rings (SSSR count). The van der Waals surface area contributed by atoms with Gasteiger partial charge in [0.15, 0.2) is 0 Å². The molecule has 0 bridgehead atoms. The van der Waals surface area contributed by atoms with E-state index in [1.54, 1.807) is 17.8 Å². The van der Waals surface area contributed by atoms with Crippen molar-refractivity contribution in [3.63, 3.8) is 0 Å². The maximum Gasteiger partial charge on any atom is 0.143 e. The number of rotatable bonds is 4. The van der Waals surface area contributed by atoms with E-state index in [2.05, 4.69) is 21.0 Å². The summed E-state index contributed by atoms with van der Waals surface area (Å²) >= 11 is 9.33. The SMILES string of the molecule is Cc1nn(C)c(CC(=O)Cc2c(F)cccc2Cl)c1Br. The predicted octanol–water partition coefficient (Wildman–Crippen LogP) is 3.64. The Bertz CT molecular complexity index is 649. The van der Waals surface area contributed by atoms with Gasteiger partial charge in [-0.05, 0) is 35.0 Å². The van der Waals surface area contributed by atoms with Crippen molar-refractivity contribution in [2.24, 2.45) is 7.05 Å². The molecule has 20 heavy (non-hydrogen) atoms. The Labute approximate surface area is 129 Å². The summed E-state index contributed by atoms with van der Waals surface area (Å²) in [7, 11) is 1.77. The second-order valence-electron chi connectivity index (χ2n) is 4.56. The molecule has 0 N–H and O–H groups in total. The summed E-state index contributed by atoms with van der Waals surface area (Å²) in [5, 5.41) is 4.50. The monoisotopic (exact) mass is 358 g/mol. The van der Waals surface area contributed by atoms with E-state index >= 15 is 0 Å². The largest absolute Gasteiger partial charge is 0.299 e. The number of carbonyl (C=O) groups is 1. The van der Waals surface area contributed by atoms with Crippen molar-refractivity contribution in [3.8, 4) is 0 Å². The maximum atomic E-state index is 13.6. The molecule has 106 valence electrons. The highest BCUT2D eigenvalue weighted by Gasteiger charge is 2.17. The fourth-order valence-electron chi connectivity index (χ4n) is 2.02. The molecule has 0 spiro atoms. The second kappa shape index (κ2) is 6.06. The molecule has 1 heterocycles. The van der Waals surface area contributed by atoms with Gasteiger partial charge in [0, 0.05) is 30.5 Å². The highest BCUT2D eigenvalue weighted by atomic mass is 79.9. The molecule has 0 radical (unpaired) electrons. The van der Waals surface area contributed by atoms with Gasteiger partial charge >= 0.3 is 0 Å². The molecule has 0 unspecified atom stereocenters. The Morgan fingerprint density at radius 2 is 2.15 bits per heavy atom. The van der Waals surface area contributed by atoms with Gasteiger partial charge < -0.3 is 0 Å². The van der Waals surface area contributed by atoms with E-state index in [1.165, 1.54) is 12.1 Å². The smallest absolute Gasteiger partial charge is 0.143 e. The van der Waals surface area contributed by atoms with E-state index in [9.17, 15) is 9.18 Å². The summed E-state index contributed by atoms with van der Waals surface area (Å²) in [5.41, 5.74) is 1.84. The number of halogens is 3. The van der Waals surface area contributed by atoms with Crippen molar-refractivity contribution in [2.75, 3.05) is 0 Å². The van der Waals surface area contributed by atoms with E-state index in [1.807, 2.05) is 6.92 Å². The lowest BCUT2D eigenvalue weighted by Gasteiger charge is -2.06. The average Bonchev–Trinajstić information content (AvgIpc) is 2.61. The molecule has 0 aliphatic carbocycles. The number of hydrogen-bond donors (Lipinski definition) is 0. The molecule has 0 fully saturated rings. The lowest BCUT2D eigenvalue weighted by atomic mass is 10.0. The molecule has 0 atom stereocenters. The van der Waals surface area contributed by atoms with Gasteiger partial charge in [-0.25, -0.2) is 4.39 Å². The molecule has 1 aromatic carbocycles. The molecule has 0 amide bonds. The Kier molecular flexibility index (Phi) is 4.60. The average molecular weight is 360 g/mol. The van der Waals surface area contributed by atoms with Crippen LogP contribution in [0.2, 0.25) is 5.02 Å². The number of aromatic nitrogens is 2. The van der Waals surface area contributed by atoms with E-state index in [0.717, 1.165) is 15.9 Å². The lowest BCUT2D eigenvalue weighted by molar-refractivity contribution is -0.117. The van der Waals surface area contributed by atoms with Crippen LogP contribution in [0.3, 0.4) is 0 Å². The molecule has 0 saturated heterocycles. The van der Waals surface area contributed by atoms with E-state index in [0.29, 0.717) is 0 Å². The van der Waals surface area contributed by atoms with Crippen molar-refractivity contribution in [1.82, 2.24) is 9.78 Å². The topological polar surface area (TPSA) is 34.9 Å². The third kappa shape index (κ3) is 3.10. The third-order valence-corrected chi connectivity index (χ3v) is 4.45. The van der Waals surface area contributed by atoms with Crippen molar-refractivity contribution in [1.29, 1.82) is 0 Å². The van der Waals surface area contributed by atoms with Crippen molar-refractivity contribution in [2.45, 2.75) is 19.8 Å². The summed E-state index contributed by atoms with van der Waals surface area (Å²) in [4.78, 5) is 12.1. The van der Waals surface area contributed by atoms with E-state index in [4.69, 9.17) is 11.6 Å². The van der Waals surface area contributed by atoms with Crippen LogP contribution in [0, 0.1) is 12.7 Å². The third-order valence-electron chi connectivity index (χ3n) is 3.06. The fourth-order valence-corrected chi connectivity index (χ4v) is 2.73. The molecule has 0 saturated carbocycles. The second-order valence-corrected chi connectivity index (χ2v) is 5.76. The quantitative estimate of drug-likeness (QED) is 0.835. The Balaban J connectivity index is 2.18. The van der Waals surface area contributed by atoms with Crippen LogP contribution in [0.25, 0.3) is 0 Å². The highest BCUT2D eigenvalue weighted by Crippen LogP contribution is 2.23. The minimum Gasteiger partial charge on any atom is -0.299 e. The summed E-state index contributed by atoms with van der Waals surface area (Å²) in [6.45, 7) is 1.85. The van der Waals surface area contributed by atoms with Crippen LogP contribution in [0.4, 0.5) is 4.39 Å². The zero-order valence-electron chi connectivity index (χ0n) is 11.1. The minimum absolute atomic E-state index is 0.0256. The van der Waals surface area contributed by atoms with Gasteiger partial charge in [-0.3, -0.25) is 9.48 Å². The first-order valence-electron chi connectivity index (χ1n) is 6.02. The van der Waals surface area contributed by atoms with E-state index < -0.39 is 5.82 Å². The molecule has 2 aromatic rings. The number of ketones is 1. The zero-order chi connectivity index (χ0) is 14.9. The van der Waals surface area contributed by atoms with Crippen molar-refractivity contribution < 1.29 is 9.18 Å². The van der Waals surface area contributed by atoms with Crippen molar-refractivity contribution in [3.05, 3.63) is 50.5 Å². The van der Waals surface area contributed by atoms with Gasteiger partial charge in [-0.15, -0.1) is 0 Å². The molecular formula is C14H13BrClFN2O. The molecule has 1 aromatic heterocycles. The summed E-state index contributed by atoms with van der Waals surface area (Å²) in [6.07, 6.45) is 0.158.